The summed E-state index contributed by atoms with van der Waals surface area (Å²) >= 11 is 0. The van der Waals surface area contributed by atoms with Crippen molar-refractivity contribution in [3.8, 4) is 0 Å². The van der Waals surface area contributed by atoms with E-state index in [0.29, 0.717) is 19.3 Å². The van der Waals surface area contributed by atoms with Crippen LogP contribution < -0.4 is 0 Å². The van der Waals surface area contributed by atoms with E-state index in [1.807, 2.05) is 0 Å². The first-order chi connectivity index (χ1) is 37.5. The predicted molar refractivity (Wildman–Crippen MR) is 330 cm³/mol. The fourth-order valence-corrected chi connectivity index (χ4v) is 9.32. The topological polar surface area (TPSA) is 78.9 Å². The summed E-state index contributed by atoms with van der Waals surface area (Å²) in [5.41, 5.74) is 0. The molecule has 76 heavy (non-hydrogen) atoms. The van der Waals surface area contributed by atoms with Crippen molar-refractivity contribution in [1.82, 2.24) is 0 Å². The van der Waals surface area contributed by atoms with Gasteiger partial charge in [0.15, 0.2) is 6.10 Å². The lowest BCUT2D eigenvalue weighted by Crippen LogP contribution is -2.30. The molecule has 0 aliphatic rings. The minimum Gasteiger partial charge on any atom is -0.462 e. The van der Waals surface area contributed by atoms with Crippen LogP contribution in [0.15, 0.2) is 85.1 Å². The van der Waals surface area contributed by atoms with E-state index in [1.54, 1.807) is 0 Å². The molecule has 6 heteroatoms. The van der Waals surface area contributed by atoms with Crippen LogP contribution in [0.4, 0.5) is 0 Å². The van der Waals surface area contributed by atoms with Crippen LogP contribution in [-0.4, -0.2) is 37.2 Å². The van der Waals surface area contributed by atoms with E-state index in [1.165, 1.54) is 186 Å². The van der Waals surface area contributed by atoms with E-state index in [9.17, 15) is 14.4 Å². The molecule has 0 amide bonds. The van der Waals surface area contributed by atoms with Crippen molar-refractivity contribution in [2.45, 2.75) is 329 Å². The Bertz CT molecular complexity index is 1450. The third-order valence-electron chi connectivity index (χ3n) is 14.2. The molecule has 1 unspecified atom stereocenters. The van der Waals surface area contributed by atoms with E-state index in [-0.39, 0.29) is 37.5 Å². The quantitative estimate of drug-likeness (QED) is 0.0261. The summed E-state index contributed by atoms with van der Waals surface area (Å²) in [7, 11) is 0. The van der Waals surface area contributed by atoms with E-state index in [0.717, 1.165) is 89.9 Å². The van der Waals surface area contributed by atoms with Crippen LogP contribution in [0.5, 0.6) is 0 Å². The van der Waals surface area contributed by atoms with Gasteiger partial charge in [-0.15, -0.1) is 0 Å². The number of esters is 3. The standard InChI is InChI=1S/C70H122O6/c1-4-7-10-13-16-19-22-24-26-28-30-32-34-36-37-39-41-43-45-48-51-54-57-60-63-69(72)75-66-67(65-74-68(71)62-59-56-53-50-47-21-18-15-12-9-6-3)76-70(73)64-61-58-55-52-49-46-44-42-40-38-35-33-31-29-27-25-23-20-17-14-11-8-5-2/h8,11,17,20,25,27,31,33,38,40,44,46,52,55,67H,4-7,9-10,12-16,18-19,21-24,26,28-30,32,34-37,39,41-43,45,47-51,53-54,56-66H2,1-3H3/b11-8-,20-17-,27-25-,33-31-,40-38-,46-44-,55-52-. The van der Waals surface area contributed by atoms with Crippen molar-refractivity contribution in [2.24, 2.45) is 0 Å². The molecule has 0 radical (unpaired) electrons. The highest BCUT2D eigenvalue weighted by molar-refractivity contribution is 5.71. The third-order valence-corrected chi connectivity index (χ3v) is 14.2. The number of ether oxygens (including phenoxy) is 3. The Hall–Kier alpha value is -3.41. The molecule has 0 spiro atoms. The van der Waals surface area contributed by atoms with Gasteiger partial charge in [-0.25, -0.2) is 0 Å². The molecular weight excluding hydrogens is 937 g/mol. The van der Waals surface area contributed by atoms with Gasteiger partial charge in [0, 0.05) is 19.3 Å². The Morgan fingerprint density at radius 1 is 0.276 bits per heavy atom. The van der Waals surface area contributed by atoms with Gasteiger partial charge < -0.3 is 14.2 Å². The zero-order valence-electron chi connectivity index (χ0n) is 50.3. The van der Waals surface area contributed by atoms with Gasteiger partial charge in [0.05, 0.1) is 0 Å². The van der Waals surface area contributed by atoms with Crippen molar-refractivity contribution in [2.75, 3.05) is 13.2 Å². The summed E-state index contributed by atoms with van der Waals surface area (Å²) in [6.45, 7) is 6.51. The molecule has 0 aromatic carbocycles. The number of allylic oxidation sites excluding steroid dienone is 14. The number of rotatable bonds is 59. The smallest absolute Gasteiger partial charge is 0.306 e. The Labute approximate surface area is 471 Å². The van der Waals surface area contributed by atoms with E-state index in [2.05, 4.69) is 106 Å². The van der Waals surface area contributed by atoms with Crippen LogP contribution in [0.2, 0.25) is 0 Å². The maximum atomic E-state index is 12.9. The van der Waals surface area contributed by atoms with Gasteiger partial charge in [-0.05, 0) is 70.6 Å². The summed E-state index contributed by atoms with van der Waals surface area (Å²) in [6, 6.07) is 0. The first-order valence-electron chi connectivity index (χ1n) is 32.6. The minimum atomic E-state index is -0.805. The Morgan fingerprint density at radius 3 is 0.789 bits per heavy atom. The lowest BCUT2D eigenvalue weighted by molar-refractivity contribution is -0.167. The van der Waals surface area contributed by atoms with Gasteiger partial charge in [0.1, 0.15) is 13.2 Å². The molecule has 0 bridgehead atoms. The SMILES string of the molecule is CC/C=C\C/C=C\C/C=C\C/C=C\C/C=C\C/C=C\C/C=C\CCCC(=O)OC(COC(=O)CCCCCCCCCCCCC)COC(=O)CCCCCCCCCCCCCCCCCCCCCCCCCC. The molecule has 0 fully saturated rings. The van der Waals surface area contributed by atoms with Crippen molar-refractivity contribution in [3.05, 3.63) is 85.1 Å². The third kappa shape index (κ3) is 61.4. The molecule has 1 atom stereocenters. The predicted octanol–water partition coefficient (Wildman–Crippen LogP) is 22.3. The number of hydrogen-bond donors (Lipinski definition) is 0. The largest absolute Gasteiger partial charge is 0.462 e. The minimum absolute atomic E-state index is 0.0957. The number of carbonyl (C=O) groups is 3. The summed E-state index contributed by atoms with van der Waals surface area (Å²) < 4.78 is 16.9. The second kappa shape index (κ2) is 64.1. The molecule has 0 saturated heterocycles. The Morgan fingerprint density at radius 2 is 0.513 bits per heavy atom. The van der Waals surface area contributed by atoms with Crippen LogP contribution in [0, 0.1) is 0 Å². The van der Waals surface area contributed by atoms with Crippen LogP contribution in [0.25, 0.3) is 0 Å². The molecule has 438 valence electrons. The highest BCUT2D eigenvalue weighted by Crippen LogP contribution is 2.17. The van der Waals surface area contributed by atoms with E-state index < -0.39 is 6.10 Å². The normalized spacial score (nSPS) is 12.6. The van der Waals surface area contributed by atoms with Crippen molar-refractivity contribution >= 4 is 17.9 Å². The van der Waals surface area contributed by atoms with Crippen molar-refractivity contribution in [1.29, 1.82) is 0 Å². The monoisotopic (exact) mass is 1060 g/mol. The molecule has 0 heterocycles. The van der Waals surface area contributed by atoms with Gasteiger partial charge in [0.25, 0.3) is 0 Å². The van der Waals surface area contributed by atoms with Gasteiger partial charge in [0.2, 0.25) is 0 Å². The highest BCUT2D eigenvalue weighted by Gasteiger charge is 2.19. The summed E-state index contributed by atoms with van der Waals surface area (Å²) in [5, 5.41) is 0. The van der Waals surface area contributed by atoms with Crippen LogP contribution in [0.3, 0.4) is 0 Å². The van der Waals surface area contributed by atoms with Crippen LogP contribution in [-0.2, 0) is 28.6 Å². The van der Waals surface area contributed by atoms with Crippen LogP contribution >= 0.6 is 0 Å². The highest BCUT2D eigenvalue weighted by atomic mass is 16.6. The maximum absolute atomic E-state index is 12.9. The molecule has 0 aromatic heterocycles. The number of unbranched alkanes of at least 4 members (excludes halogenated alkanes) is 34. The molecule has 0 rings (SSSR count). The van der Waals surface area contributed by atoms with Crippen molar-refractivity contribution < 1.29 is 28.6 Å². The Balaban J connectivity index is 4.34. The zero-order valence-corrected chi connectivity index (χ0v) is 50.3. The molecule has 0 N–H and O–H groups in total. The van der Waals surface area contributed by atoms with E-state index >= 15 is 0 Å². The van der Waals surface area contributed by atoms with E-state index in [4.69, 9.17) is 14.2 Å². The lowest BCUT2D eigenvalue weighted by Gasteiger charge is -2.18. The molecule has 0 saturated carbocycles. The molecule has 0 aliphatic heterocycles. The van der Waals surface area contributed by atoms with Crippen LogP contribution in [0.1, 0.15) is 323 Å². The maximum Gasteiger partial charge on any atom is 0.306 e. The second-order valence-corrected chi connectivity index (χ2v) is 21.7. The zero-order chi connectivity index (χ0) is 55.0. The number of hydrogen-bond acceptors (Lipinski definition) is 6. The molecule has 0 aliphatic carbocycles. The van der Waals surface area contributed by atoms with Gasteiger partial charge in [-0.3, -0.25) is 14.4 Å². The molecule has 6 nitrogen and oxygen atoms in total. The lowest BCUT2D eigenvalue weighted by atomic mass is 10.0. The Kier molecular flexibility index (Phi) is 61.2. The van der Waals surface area contributed by atoms with Gasteiger partial charge >= 0.3 is 17.9 Å². The fraction of sp³-hybridized carbons (Fsp3) is 0.757. The van der Waals surface area contributed by atoms with Crippen molar-refractivity contribution in [3.63, 3.8) is 0 Å². The first kappa shape index (κ1) is 72.6. The molecular formula is C70H122O6. The summed E-state index contributed by atoms with van der Waals surface area (Å²) in [6.07, 6.45) is 84.7. The first-order valence-corrected chi connectivity index (χ1v) is 32.6. The summed E-state index contributed by atoms with van der Waals surface area (Å²) in [4.78, 5) is 38.2. The summed E-state index contributed by atoms with van der Waals surface area (Å²) in [5.74, 6) is -0.942. The second-order valence-electron chi connectivity index (χ2n) is 21.7. The molecule has 0 aromatic rings. The average Bonchev–Trinajstić information content (AvgIpc) is 3.42. The average molecular weight is 1060 g/mol. The fourth-order valence-electron chi connectivity index (χ4n) is 9.32. The van der Waals surface area contributed by atoms with Gasteiger partial charge in [-0.1, -0.05) is 318 Å². The number of carbonyl (C=O) groups excluding carboxylic acids is 3. The van der Waals surface area contributed by atoms with Gasteiger partial charge in [-0.2, -0.15) is 0 Å².